The fraction of sp³-hybridized carbons (Fsp3) is 0.381. The predicted molar refractivity (Wildman–Crippen MR) is 99.6 cm³/mol. The van der Waals surface area contributed by atoms with E-state index in [9.17, 15) is 13.6 Å². The maximum Gasteiger partial charge on any atom is 0.253 e. The third-order valence-electron chi connectivity index (χ3n) is 4.82. The van der Waals surface area contributed by atoms with Gasteiger partial charge >= 0.3 is 0 Å². The molecule has 0 aliphatic carbocycles. The molecule has 2 aromatic carbocycles. The summed E-state index contributed by atoms with van der Waals surface area (Å²) in [5, 5.41) is 0. The van der Waals surface area contributed by atoms with Crippen LogP contribution in [0.3, 0.4) is 0 Å². The summed E-state index contributed by atoms with van der Waals surface area (Å²) in [6.07, 6.45) is 0. The van der Waals surface area contributed by atoms with E-state index in [1.807, 2.05) is 24.3 Å². The zero-order chi connectivity index (χ0) is 18.9. The minimum Gasteiger partial charge on any atom is -0.363 e. The maximum absolute atomic E-state index is 13.9. The van der Waals surface area contributed by atoms with Gasteiger partial charge in [-0.3, -0.25) is 4.79 Å². The quantitative estimate of drug-likeness (QED) is 0.802. The number of benzene rings is 2. The average Bonchev–Trinajstić information content (AvgIpc) is 2.61. The van der Waals surface area contributed by atoms with E-state index in [-0.39, 0.29) is 17.0 Å². The minimum absolute atomic E-state index is 0.00544. The van der Waals surface area contributed by atoms with Gasteiger partial charge in [-0.25, -0.2) is 8.78 Å². The lowest BCUT2D eigenvalue weighted by Gasteiger charge is -2.36. The van der Waals surface area contributed by atoms with Gasteiger partial charge in [0.25, 0.3) is 5.91 Å². The Hall–Kier alpha value is -2.43. The van der Waals surface area contributed by atoms with Crippen molar-refractivity contribution in [3.8, 4) is 0 Å². The standard InChI is InChI=1S/C21H24F2N2O/c1-21(2,3)16-9-7-15(8-10-16)20(26)25-13-11-24(12-14-25)19-17(22)5-4-6-18(19)23/h4-10H,11-14H2,1-3H3. The summed E-state index contributed by atoms with van der Waals surface area (Å²) < 4.78 is 27.9. The van der Waals surface area contributed by atoms with E-state index in [0.29, 0.717) is 31.7 Å². The van der Waals surface area contributed by atoms with Crippen LogP contribution in [0.2, 0.25) is 0 Å². The first-order chi connectivity index (χ1) is 12.3. The van der Waals surface area contributed by atoms with Crippen molar-refractivity contribution in [1.82, 2.24) is 4.90 Å². The van der Waals surface area contributed by atoms with E-state index in [1.54, 1.807) is 9.80 Å². The van der Waals surface area contributed by atoms with Crippen LogP contribution >= 0.6 is 0 Å². The molecular weight excluding hydrogens is 334 g/mol. The van der Waals surface area contributed by atoms with Crippen LogP contribution in [0.25, 0.3) is 0 Å². The van der Waals surface area contributed by atoms with Crippen molar-refractivity contribution in [2.24, 2.45) is 0 Å². The molecule has 1 aliphatic heterocycles. The van der Waals surface area contributed by atoms with Gasteiger partial charge in [-0.05, 0) is 35.2 Å². The number of amides is 1. The lowest BCUT2D eigenvalue weighted by molar-refractivity contribution is 0.0746. The van der Waals surface area contributed by atoms with Crippen LogP contribution in [0.5, 0.6) is 0 Å². The van der Waals surface area contributed by atoms with E-state index in [4.69, 9.17) is 0 Å². The number of para-hydroxylation sites is 1. The molecule has 1 saturated heterocycles. The SMILES string of the molecule is CC(C)(C)c1ccc(C(=O)N2CCN(c3c(F)cccc3F)CC2)cc1. The fourth-order valence-corrected chi connectivity index (χ4v) is 3.22. The first-order valence-electron chi connectivity index (χ1n) is 8.86. The molecule has 0 saturated carbocycles. The molecule has 0 atom stereocenters. The van der Waals surface area contributed by atoms with Gasteiger partial charge in [0.05, 0.1) is 0 Å². The molecule has 5 heteroatoms. The van der Waals surface area contributed by atoms with E-state index >= 15 is 0 Å². The van der Waals surface area contributed by atoms with Gasteiger partial charge in [0.1, 0.15) is 17.3 Å². The normalized spacial score (nSPS) is 15.3. The Morgan fingerprint density at radius 1 is 0.885 bits per heavy atom. The van der Waals surface area contributed by atoms with Crippen molar-refractivity contribution in [1.29, 1.82) is 0 Å². The molecule has 2 aromatic rings. The number of nitrogens with zero attached hydrogens (tertiary/aromatic N) is 2. The molecule has 1 amide bonds. The van der Waals surface area contributed by atoms with Gasteiger partial charge in [-0.2, -0.15) is 0 Å². The Morgan fingerprint density at radius 3 is 1.92 bits per heavy atom. The average molecular weight is 358 g/mol. The third-order valence-corrected chi connectivity index (χ3v) is 4.82. The maximum atomic E-state index is 13.9. The number of halogens is 2. The number of rotatable bonds is 2. The molecule has 1 fully saturated rings. The summed E-state index contributed by atoms with van der Waals surface area (Å²) >= 11 is 0. The number of anilines is 1. The smallest absolute Gasteiger partial charge is 0.253 e. The summed E-state index contributed by atoms with van der Waals surface area (Å²) in [6.45, 7) is 8.08. The molecule has 0 bridgehead atoms. The largest absolute Gasteiger partial charge is 0.363 e. The summed E-state index contributed by atoms with van der Waals surface area (Å²) in [6, 6.07) is 11.5. The zero-order valence-corrected chi connectivity index (χ0v) is 15.4. The fourth-order valence-electron chi connectivity index (χ4n) is 3.22. The van der Waals surface area contributed by atoms with Gasteiger partial charge in [-0.15, -0.1) is 0 Å². The molecule has 3 rings (SSSR count). The molecule has 0 radical (unpaired) electrons. The van der Waals surface area contributed by atoms with Crippen molar-refractivity contribution in [3.63, 3.8) is 0 Å². The van der Waals surface area contributed by atoms with E-state index in [1.165, 1.54) is 23.8 Å². The topological polar surface area (TPSA) is 23.6 Å². The van der Waals surface area contributed by atoms with Gasteiger partial charge in [0.2, 0.25) is 0 Å². The van der Waals surface area contributed by atoms with Crippen molar-refractivity contribution in [3.05, 3.63) is 65.2 Å². The van der Waals surface area contributed by atoms with Crippen molar-refractivity contribution < 1.29 is 13.6 Å². The Balaban J connectivity index is 1.67. The Morgan fingerprint density at radius 2 is 1.42 bits per heavy atom. The highest BCUT2D eigenvalue weighted by Gasteiger charge is 2.25. The Kier molecular flexibility index (Phi) is 4.99. The lowest BCUT2D eigenvalue weighted by atomic mass is 9.86. The van der Waals surface area contributed by atoms with Gasteiger partial charge < -0.3 is 9.80 Å². The highest BCUT2D eigenvalue weighted by Crippen LogP contribution is 2.25. The molecule has 3 nitrogen and oxygen atoms in total. The Bertz CT molecular complexity index is 768. The molecular formula is C21H24F2N2O. The Labute approximate surface area is 153 Å². The molecule has 0 unspecified atom stereocenters. The van der Waals surface area contributed by atoms with Gasteiger partial charge in [-0.1, -0.05) is 39.0 Å². The van der Waals surface area contributed by atoms with Gasteiger partial charge in [0.15, 0.2) is 0 Å². The van der Waals surface area contributed by atoms with Crippen LogP contribution < -0.4 is 4.90 Å². The minimum atomic E-state index is -0.567. The molecule has 26 heavy (non-hydrogen) atoms. The molecule has 0 spiro atoms. The number of carbonyl (C=O) groups is 1. The van der Waals surface area contributed by atoms with Crippen LogP contribution in [-0.2, 0) is 5.41 Å². The summed E-state index contributed by atoms with van der Waals surface area (Å²) in [5.74, 6) is -1.18. The predicted octanol–water partition coefficient (Wildman–Crippen LogP) is 4.22. The molecule has 0 N–H and O–H groups in total. The van der Waals surface area contributed by atoms with Crippen molar-refractivity contribution >= 4 is 11.6 Å². The van der Waals surface area contributed by atoms with Crippen LogP contribution in [0, 0.1) is 11.6 Å². The first kappa shape index (κ1) is 18.4. The highest BCUT2D eigenvalue weighted by molar-refractivity contribution is 5.94. The lowest BCUT2D eigenvalue weighted by Crippen LogP contribution is -2.49. The molecule has 1 heterocycles. The number of hydrogen-bond acceptors (Lipinski definition) is 2. The number of carbonyl (C=O) groups excluding carboxylic acids is 1. The third kappa shape index (κ3) is 3.71. The molecule has 1 aliphatic rings. The summed E-state index contributed by atoms with van der Waals surface area (Å²) in [5.41, 5.74) is 1.85. The van der Waals surface area contributed by atoms with E-state index < -0.39 is 11.6 Å². The zero-order valence-electron chi connectivity index (χ0n) is 15.4. The highest BCUT2D eigenvalue weighted by atomic mass is 19.1. The number of hydrogen-bond donors (Lipinski definition) is 0. The summed E-state index contributed by atoms with van der Waals surface area (Å²) in [7, 11) is 0. The molecule has 138 valence electrons. The monoisotopic (exact) mass is 358 g/mol. The van der Waals surface area contributed by atoms with Crippen LogP contribution in [0.4, 0.5) is 14.5 Å². The van der Waals surface area contributed by atoms with Crippen molar-refractivity contribution in [2.45, 2.75) is 26.2 Å². The van der Waals surface area contributed by atoms with Crippen LogP contribution in [0.1, 0.15) is 36.7 Å². The van der Waals surface area contributed by atoms with Crippen molar-refractivity contribution in [2.75, 3.05) is 31.1 Å². The second-order valence-electron chi connectivity index (χ2n) is 7.68. The summed E-state index contributed by atoms with van der Waals surface area (Å²) in [4.78, 5) is 16.1. The van der Waals surface area contributed by atoms with Crippen LogP contribution in [0.15, 0.2) is 42.5 Å². The second-order valence-corrected chi connectivity index (χ2v) is 7.68. The van der Waals surface area contributed by atoms with E-state index in [2.05, 4.69) is 20.8 Å². The van der Waals surface area contributed by atoms with Crippen LogP contribution in [-0.4, -0.2) is 37.0 Å². The van der Waals surface area contributed by atoms with Gasteiger partial charge in [0, 0.05) is 31.7 Å². The second kappa shape index (κ2) is 7.06. The number of piperazine rings is 1. The first-order valence-corrected chi connectivity index (χ1v) is 8.86. The van der Waals surface area contributed by atoms with E-state index in [0.717, 1.165) is 0 Å². The molecule has 0 aromatic heterocycles.